The average Bonchev–Trinajstić information content (AvgIpc) is 2.79. The van der Waals surface area contributed by atoms with Gasteiger partial charge in [-0.15, -0.1) is 11.8 Å². The van der Waals surface area contributed by atoms with E-state index in [1.165, 1.54) is 10.5 Å². The van der Waals surface area contributed by atoms with Gasteiger partial charge < -0.3 is 24.4 Å². The van der Waals surface area contributed by atoms with Gasteiger partial charge in [0.05, 0.1) is 39.5 Å². The van der Waals surface area contributed by atoms with E-state index in [9.17, 15) is 4.79 Å². The Morgan fingerprint density at radius 2 is 1.86 bits per heavy atom. The van der Waals surface area contributed by atoms with Crippen LogP contribution in [0.5, 0.6) is 11.5 Å². The number of quaternary nitrogens is 1. The lowest BCUT2D eigenvalue weighted by atomic mass is 10.0. The summed E-state index contributed by atoms with van der Waals surface area (Å²) < 4.78 is 16.2. The van der Waals surface area contributed by atoms with Crippen molar-refractivity contribution in [2.45, 2.75) is 10.9 Å². The molecule has 0 radical (unpaired) electrons. The van der Waals surface area contributed by atoms with Crippen LogP contribution in [-0.2, 0) is 4.74 Å². The van der Waals surface area contributed by atoms with Crippen LogP contribution in [0, 0.1) is 0 Å². The van der Waals surface area contributed by atoms with Crippen LogP contribution in [0.15, 0.2) is 47.4 Å². The second-order valence-corrected chi connectivity index (χ2v) is 7.75. The molecule has 1 amide bonds. The van der Waals surface area contributed by atoms with Crippen molar-refractivity contribution < 1.29 is 23.9 Å². The molecule has 1 aliphatic rings. The van der Waals surface area contributed by atoms with Crippen LogP contribution in [-0.4, -0.2) is 59.2 Å². The summed E-state index contributed by atoms with van der Waals surface area (Å²) in [6, 6.07) is 13.9. The van der Waals surface area contributed by atoms with Gasteiger partial charge in [-0.2, -0.15) is 0 Å². The van der Waals surface area contributed by atoms with E-state index in [-0.39, 0.29) is 11.9 Å². The number of hydrogen-bond donors (Lipinski definition) is 2. The summed E-state index contributed by atoms with van der Waals surface area (Å²) >= 11 is 1.62. The van der Waals surface area contributed by atoms with Crippen LogP contribution in [0.25, 0.3) is 0 Å². The molecule has 3 rings (SSSR count). The molecule has 1 saturated heterocycles. The molecule has 2 aromatic carbocycles. The highest BCUT2D eigenvalue weighted by atomic mass is 32.2. The first kappa shape index (κ1) is 21.5. The normalized spacial score (nSPS) is 15.6. The first-order valence-electron chi connectivity index (χ1n) is 9.72. The fourth-order valence-electron chi connectivity index (χ4n) is 3.59. The van der Waals surface area contributed by atoms with Gasteiger partial charge in [0, 0.05) is 10.5 Å². The maximum atomic E-state index is 12.9. The molecule has 156 valence electrons. The molecule has 0 bridgehead atoms. The predicted molar refractivity (Wildman–Crippen MR) is 114 cm³/mol. The number of nitrogens with one attached hydrogen (secondary N) is 2. The second-order valence-electron chi connectivity index (χ2n) is 6.87. The molecule has 0 unspecified atom stereocenters. The topological polar surface area (TPSA) is 61.2 Å². The Morgan fingerprint density at radius 3 is 2.48 bits per heavy atom. The van der Waals surface area contributed by atoms with Crippen molar-refractivity contribution in [1.29, 1.82) is 0 Å². The third-order valence-corrected chi connectivity index (χ3v) is 5.99. The minimum absolute atomic E-state index is 0.124. The Labute approximate surface area is 176 Å². The van der Waals surface area contributed by atoms with Crippen molar-refractivity contribution in [3.63, 3.8) is 0 Å². The van der Waals surface area contributed by atoms with Crippen LogP contribution in [0.4, 0.5) is 0 Å². The molecule has 7 heteroatoms. The van der Waals surface area contributed by atoms with Crippen molar-refractivity contribution in [3.05, 3.63) is 53.6 Å². The third kappa shape index (κ3) is 5.44. The quantitative estimate of drug-likeness (QED) is 0.642. The average molecular weight is 418 g/mol. The number of ether oxygens (including phenoxy) is 3. The fraction of sp³-hybridized carbons (Fsp3) is 0.409. The molecule has 1 aliphatic heterocycles. The van der Waals surface area contributed by atoms with Gasteiger partial charge in [-0.3, -0.25) is 4.79 Å². The largest absolute Gasteiger partial charge is 0.497 e. The Morgan fingerprint density at radius 1 is 1.14 bits per heavy atom. The van der Waals surface area contributed by atoms with Crippen molar-refractivity contribution in [2.24, 2.45) is 0 Å². The predicted octanol–water partition coefficient (Wildman–Crippen LogP) is 1.81. The van der Waals surface area contributed by atoms with E-state index >= 15 is 0 Å². The highest BCUT2D eigenvalue weighted by Gasteiger charge is 2.27. The van der Waals surface area contributed by atoms with Crippen LogP contribution in [0.1, 0.15) is 22.0 Å². The summed E-state index contributed by atoms with van der Waals surface area (Å²) in [7, 11) is 3.25. The molecule has 6 nitrogen and oxygen atoms in total. The van der Waals surface area contributed by atoms with Gasteiger partial charge in [-0.05, 0) is 48.7 Å². The van der Waals surface area contributed by atoms with Crippen molar-refractivity contribution >= 4 is 17.7 Å². The standard InChI is InChI=1S/C22H28N2O4S/c1-26-17-6-4-16(5-7-17)20(24-10-12-28-13-11-24)15-23-22(25)19-9-8-18(29-3)14-21(19)27-2/h4-9,14,20H,10-13,15H2,1-3H3,(H,23,25)/p+1/t20-/m1/s1. The zero-order chi connectivity index (χ0) is 20.6. The van der Waals surface area contributed by atoms with Gasteiger partial charge in [0.15, 0.2) is 0 Å². The van der Waals surface area contributed by atoms with Gasteiger partial charge in [0.25, 0.3) is 5.91 Å². The number of thioether (sulfide) groups is 1. The van der Waals surface area contributed by atoms with Gasteiger partial charge in [-0.25, -0.2) is 0 Å². The summed E-state index contributed by atoms with van der Waals surface area (Å²) in [6.07, 6.45) is 2.00. The number of morpholine rings is 1. The van der Waals surface area contributed by atoms with Gasteiger partial charge >= 0.3 is 0 Å². The van der Waals surface area contributed by atoms with E-state index in [1.807, 2.05) is 36.6 Å². The summed E-state index contributed by atoms with van der Waals surface area (Å²) in [5.41, 5.74) is 1.73. The van der Waals surface area contributed by atoms with E-state index in [0.717, 1.165) is 36.9 Å². The highest BCUT2D eigenvalue weighted by molar-refractivity contribution is 7.98. The smallest absolute Gasteiger partial charge is 0.255 e. The molecular formula is C22H29N2O4S+. The molecule has 0 aromatic heterocycles. The number of rotatable bonds is 8. The van der Waals surface area contributed by atoms with Gasteiger partial charge in [-0.1, -0.05) is 0 Å². The molecule has 1 atom stereocenters. The molecule has 2 aromatic rings. The van der Waals surface area contributed by atoms with Crippen LogP contribution in [0.3, 0.4) is 0 Å². The first-order chi connectivity index (χ1) is 14.2. The number of amides is 1. The van der Waals surface area contributed by atoms with Crippen LogP contribution >= 0.6 is 11.8 Å². The molecule has 2 N–H and O–H groups in total. The second kappa shape index (κ2) is 10.5. The summed E-state index contributed by atoms with van der Waals surface area (Å²) in [6.45, 7) is 3.84. The Hall–Kier alpha value is -2.22. The summed E-state index contributed by atoms with van der Waals surface area (Å²) in [5, 5.41) is 3.12. The maximum absolute atomic E-state index is 12.9. The Bertz CT molecular complexity index is 807. The molecule has 0 aliphatic carbocycles. The number of methoxy groups -OCH3 is 2. The zero-order valence-corrected chi connectivity index (χ0v) is 18.0. The Balaban J connectivity index is 1.76. The van der Waals surface area contributed by atoms with Crippen molar-refractivity contribution in [2.75, 3.05) is 53.3 Å². The summed E-state index contributed by atoms with van der Waals surface area (Å²) in [5.74, 6) is 1.29. The minimum atomic E-state index is -0.124. The molecular weight excluding hydrogens is 388 g/mol. The lowest BCUT2D eigenvalue weighted by Crippen LogP contribution is -3.15. The lowest BCUT2D eigenvalue weighted by Gasteiger charge is -2.32. The van der Waals surface area contributed by atoms with E-state index in [1.54, 1.807) is 26.0 Å². The molecule has 1 fully saturated rings. The maximum Gasteiger partial charge on any atom is 0.255 e. The monoisotopic (exact) mass is 417 g/mol. The fourth-order valence-corrected chi connectivity index (χ4v) is 4.02. The molecule has 29 heavy (non-hydrogen) atoms. The van der Waals surface area contributed by atoms with Crippen molar-refractivity contribution in [3.8, 4) is 11.5 Å². The highest BCUT2D eigenvalue weighted by Crippen LogP contribution is 2.25. The number of benzene rings is 2. The van der Waals surface area contributed by atoms with Crippen LogP contribution < -0.4 is 19.7 Å². The lowest BCUT2D eigenvalue weighted by molar-refractivity contribution is -0.937. The number of carbonyl (C=O) groups is 1. The van der Waals surface area contributed by atoms with Gasteiger partial charge in [0.1, 0.15) is 30.6 Å². The van der Waals surface area contributed by atoms with Gasteiger partial charge in [0.2, 0.25) is 0 Å². The third-order valence-electron chi connectivity index (χ3n) is 5.27. The summed E-state index contributed by atoms with van der Waals surface area (Å²) in [4.78, 5) is 15.4. The van der Waals surface area contributed by atoms with Crippen molar-refractivity contribution in [1.82, 2.24) is 5.32 Å². The number of hydrogen-bond acceptors (Lipinski definition) is 5. The minimum Gasteiger partial charge on any atom is -0.497 e. The molecule has 1 heterocycles. The SMILES string of the molecule is COc1ccc([C@@H](CNC(=O)c2ccc(SC)cc2OC)[NH+]2CCOCC2)cc1. The van der Waals surface area contributed by atoms with E-state index in [2.05, 4.69) is 17.4 Å². The van der Waals surface area contributed by atoms with E-state index in [4.69, 9.17) is 14.2 Å². The van der Waals surface area contributed by atoms with Crippen LogP contribution in [0.2, 0.25) is 0 Å². The molecule has 0 spiro atoms. The van der Waals surface area contributed by atoms with E-state index < -0.39 is 0 Å². The first-order valence-corrected chi connectivity index (χ1v) is 10.9. The molecule has 0 saturated carbocycles. The van der Waals surface area contributed by atoms with E-state index in [0.29, 0.717) is 17.9 Å². The zero-order valence-electron chi connectivity index (χ0n) is 17.2. The number of carbonyl (C=O) groups excluding carboxylic acids is 1. The Kier molecular flexibility index (Phi) is 7.80.